The highest BCUT2D eigenvalue weighted by atomic mass is 19.1. The third kappa shape index (κ3) is 4.95. The predicted octanol–water partition coefficient (Wildman–Crippen LogP) is 1.14. The Bertz CT molecular complexity index is 829. The van der Waals surface area contributed by atoms with E-state index in [1.165, 1.54) is 12.1 Å². The summed E-state index contributed by atoms with van der Waals surface area (Å²) in [6.07, 6.45) is 4.00. The Morgan fingerprint density at radius 2 is 1.93 bits per heavy atom. The molecule has 1 fully saturated rings. The summed E-state index contributed by atoms with van der Waals surface area (Å²) < 4.78 is 18.8. The van der Waals surface area contributed by atoms with E-state index in [0.717, 1.165) is 37.6 Å². The molecule has 1 unspecified atom stereocenters. The van der Waals surface area contributed by atoms with Gasteiger partial charge in [-0.1, -0.05) is 0 Å². The van der Waals surface area contributed by atoms with Gasteiger partial charge in [0, 0.05) is 44.8 Å². The summed E-state index contributed by atoms with van der Waals surface area (Å²) in [5.41, 5.74) is 1.87. The van der Waals surface area contributed by atoms with E-state index in [1.54, 1.807) is 24.3 Å². The van der Waals surface area contributed by atoms with Crippen LogP contribution in [-0.4, -0.2) is 62.1 Å². The van der Waals surface area contributed by atoms with Gasteiger partial charge < -0.3 is 20.3 Å². The third-order valence-electron chi connectivity index (χ3n) is 5.33. The van der Waals surface area contributed by atoms with Gasteiger partial charge in [0.15, 0.2) is 12.0 Å². The number of carbonyl (C=O) groups is 2. The maximum absolute atomic E-state index is 13.1. The predicted molar refractivity (Wildman–Crippen MR) is 106 cm³/mol. The topological polar surface area (TPSA) is 73.9 Å². The molecular formula is C21H25FN4O3. The summed E-state index contributed by atoms with van der Waals surface area (Å²) in [7, 11) is 0. The molecule has 1 aromatic carbocycles. The van der Waals surface area contributed by atoms with Crippen molar-refractivity contribution in [1.29, 1.82) is 0 Å². The smallest absolute Gasteiger partial charge is 0.234 e. The van der Waals surface area contributed by atoms with Gasteiger partial charge in [-0.3, -0.25) is 14.5 Å². The number of carbonyl (C=O) groups excluding carboxylic acids is 2. The molecule has 1 atom stereocenters. The standard InChI is InChI=1S/C21H25FN4O3/c22-15-1-3-16(4-2-15)26-11-9-25(10-12-26)14-20(28)23-8-7-21-24-18-6-5-17(27)13-19(18)29-21/h1-6,21,24H,7-14H2,(H,23,28). The number of hydrogen-bond acceptors (Lipinski definition) is 6. The minimum Gasteiger partial charge on any atom is -0.472 e. The number of amides is 1. The van der Waals surface area contributed by atoms with E-state index in [4.69, 9.17) is 4.74 Å². The van der Waals surface area contributed by atoms with Crippen LogP contribution in [0.4, 0.5) is 10.1 Å². The molecule has 0 spiro atoms. The fourth-order valence-corrected chi connectivity index (χ4v) is 3.74. The first-order chi connectivity index (χ1) is 14.1. The quantitative estimate of drug-likeness (QED) is 0.746. The van der Waals surface area contributed by atoms with Gasteiger partial charge in [-0.15, -0.1) is 0 Å². The number of ether oxygens (including phenoxy) is 1. The fourth-order valence-electron chi connectivity index (χ4n) is 3.74. The zero-order valence-electron chi connectivity index (χ0n) is 16.2. The van der Waals surface area contributed by atoms with Gasteiger partial charge in [0.05, 0.1) is 18.7 Å². The van der Waals surface area contributed by atoms with Crippen LogP contribution < -0.4 is 15.5 Å². The minimum atomic E-state index is -0.233. The molecule has 4 rings (SSSR count). The second-order valence-electron chi connectivity index (χ2n) is 7.44. The molecule has 2 N–H and O–H groups in total. The van der Waals surface area contributed by atoms with Crippen molar-refractivity contribution in [3.63, 3.8) is 0 Å². The minimum absolute atomic E-state index is 0.00831. The lowest BCUT2D eigenvalue weighted by Gasteiger charge is -2.35. The van der Waals surface area contributed by atoms with Crippen LogP contribution in [0.3, 0.4) is 0 Å². The zero-order chi connectivity index (χ0) is 20.2. The van der Waals surface area contributed by atoms with Crippen molar-refractivity contribution in [2.45, 2.75) is 19.1 Å². The molecule has 1 saturated heterocycles. The SMILES string of the molecule is O=C1C=CC2=C(C1)OC(CCNC(=O)CN1CCN(c3ccc(F)cc3)CC1)N2. The van der Waals surface area contributed by atoms with Gasteiger partial charge in [-0.25, -0.2) is 4.39 Å². The van der Waals surface area contributed by atoms with E-state index in [1.807, 2.05) is 0 Å². The number of rotatable bonds is 6. The van der Waals surface area contributed by atoms with E-state index in [-0.39, 0.29) is 23.7 Å². The van der Waals surface area contributed by atoms with Gasteiger partial charge in [0.1, 0.15) is 11.6 Å². The van der Waals surface area contributed by atoms with Gasteiger partial charge in [-0.2, -0.15) is 0 Å². The Morgan fingerprint density at radius 3 is 2.69 bits per heavy atom. The maximum atomic E-state index is 13.1. The first-order valence-electron chi connectivity index (χ1n) is 9.93. The lowest BCUT2D eigenvalue weighted by molar-refractivity contribution is -0.122. The molecule has 0 aromatic heterocycles. The molecule has 1 aromatic rings. The third-order valence-corrected chi connectivity index (χ3v) is 5.33. The van der Waals surface area contributed by atoms with E-state index < -0.39 is 0 Å². The summed E-state index contributed by atoms with van der Waals surface area (Å²) in [5.74, 6) is 0.487. The average Bonchev–Trinajstić information content (AvgIpc) is 3.11. The second-order valence-corrected chi connectivity index (χ2v) is 7.44. The lowest BCUT2D eigenvalue weighted by Crippen LogP contribution is -2.49. The van der Waals surface area contributed by atoms with E-state index >= 15 is 0 Å². The van der Waals surface area contributed by atoms with Crippen LogP contribution in [0.25, 0.3) is 0 Å². The van der Waals surface area contributed by atoms with Gasteiger partial charge >= 0.3 is 0 Å². The van der Waals surface area contributed by atoms with Crippen LogP contribution in [-0.2, 0) is 14.3 Å². The molecule has 0 saturated carbocycles. The number of halogens is 1. The Balaban J connectivity index is 1.13. The largest absolute Gasteiger partial charge is 0.472 e. The molecule has 29 heavy (non-hydrogen) atoms. The van der Waals surface area contributed by atoms with Crippen molar-refractivity contribution in [2.75, 3.05) is 44.2 Å². The second kappa shape index (κ2) is 8.65. The summed E-state index contributed by atoms with van der Waals surface area (Å²) in [6.45, 7) is 4.06. The molecule has 1 amide bonds. The Hall–Kier alpha value is -2.87. The van der Waals surface area contributed by atoms with Crippen molar-refractivity contribution in [3.8, 4) is 0 Å². The maximum Gasteiger partial charge on any atom is 0.234 e. The highest BCUT2D eigenvalue weighted by molar-refractivity contribution is 5.93. The van der Waals surface area contributed by atoms with Crippen LogP contribution in [0.1, 0.15) is 12.8 Å². The van der Waals surface area contributed by atoms with Crippen LogP contribution >= 0.6 is 0 Å². The number of piperazine rings is 1. The molecule has 0 radical (unpaired) electrons. The summed E-state index contributed by atoms with van der Waals surface area (Å²) >= 11 is 0. The first-order valence-corrected chi connectivity index (χ1v) is 9.93. The lowest BCUT2D eigenvalue weighted by atomic mass is 10.1. The molecule has 7 nitrogen and oxygen atoms in total. The first kappa shape index (κ1) is 19.4. The average molecular weight is 400 g/mol. The Morgan fingerprint density at radius 1 is 1.17 bits per heavy atom. The normalized spacial score (nSPS) is 21.6. The van der Waals surface area contributed by atoms with Crippen LogP contribution in [0, 0.1) is 5.82 Å². The van der Waals surface area contributed by atoms with E-state index in [9.17, 15) is 14.0 Å². The zero-order valence-corrected chi connectivity index (χ0v) is 16.2. The van der Waals surface area contributed by atoms with Crippen LogP contribution in [0.15, 0.2) is 47.9 Å². The van der Waals surface area contributed by atoms with Crippen LogP contribution in [0.2, 0.25) is 0 Å². The van der Waals surface area contributed by atoms with Crippen molar-refractivity contribution in [3.05, 3.63) is 53.7 Å². The Labute approximate surface area is 169 Å². The molecule has 2 heterocycles. The van der Waals surface area contributed by atoms with Crippen LogP contribution in [0.5, 0.6) is 0 Å². The van der Waals surface area contributed by atoms with Crippen molar-refractivity contribution in [1.82, 2.24) is 15.5 Å². The number of hydrogen-bond donors (Lipinski definition) is 2. The van der Waals surface area contributed by atoms with Gasteiger partial charge in [-0.05, 0) is 36.4 Å². The van der Waals surface area contributed by atoms with Crippen molar-refractivity contribution in [2.24, 2.45) is 0 Å². The molecule has 8 heteroatoms. The molecule has 2 aliphatic heterocycles. The number of anilines is 1. The molecule has 3 aliphatic rings. The molecule has 0 bridgehead atoms. The molecular weight excluding hydrogens is 375 g/mol. The van der Waals surface area contributed by atoms with E-state index in [2.05, 4.69) is 20.4 Å². The number of nitrogens with one attached hydrogen (secondary N) is 2. The van der Waals surface area contributed by atoms with Crippen molar-refractivity contribution < 1.29 is 18.7 Å². The number of nitrogens with zero attached hydrogens (tertiary/aromatic N) is 2. The monoisotopic (exact) mass is 400 g/mol. The molecule has 154 valence electrons. The number of benzene rings is 1. The number of allylic oxidation sites excluding steroid dienone is 3. The number of ketones is 1. The highest BCUT2D eigenvalue weighted by Gasteiger charge is 2.27. The summed E-state index contributed by atoms with van der Waals surface area (Å²) in [5, 5.41) is 6.16. The Kier molecular flexibility index (Phi) is 5.80. The fraction of sp³-hybridized carbons (Fsp3) is 0.429. The highest BCUT2D eigenvalue weighted by Crippen LogP contribution is 2.24. The summed E-state index contributed by atoms with van der Waals surface area (Å²) in [6, 6.07) is 6.51. The molecule has 1 aliphatic carbocycles. The van der Waals surface area contributed by atoms with Gasteiger partial charge in [0.2, 0.25) is 5.91 Å². The van der Waals surface area contributed by atoms with Gasteiger partial charge in [0.25, 0.3) is 0 Å². The van der Waals surface area contributed by atoms with E-state index in [0.29, 0.717) is 31.7 Å². The summed E-state index contributed by atoms with van der Waals surface area (Å²) in [4.78, 5) is 28.0. The van der Waals surface area contributed by atoms with Crippen molar-refractivity contribution >= 4 is 17.4 Å².